The first-order valence-electron chi connectivity index (χ1n) is 4.60. The minimum absolute atomic E-state index is 0.716. The molecule has 1 heterocycles. The van der Waals surface area contributed by atoms with Gasteiger partial charge in [-0.1, -0.05) is 30.4 Å². The third kappa shape index (κ3) is 4.14. The third-order valence-corrected chi connectivity index (χ3v) is 2.01. The maximum atomic E-state index is 5.16. The molecule has 0 fully saturated rings. The van der Waals surface area contributed by atoms with Crippen LogP contribution < -0.4 is 5.32 Å². The number of pyridine rings is 1. The Hall–Kier alpha value is -1.22. The van der Waals surface area contributed by atoms with Crippen molar-refractivity contribution in [1.29, 1.82) is 0 Å². The van der Waals surface area contributed by atoms with E-state index in [4.69, 9.17) is 12.2 Å². The largest absolute Gasteiger partial charge is 0.376 e. The monoisotopic (exact) mass is 206 g/mol. The number of nitrogens with zero attached hydrogens (tertiary/aromatic N) is 1. The highest BCUT2D eigenvalue weighted by atomic mass is 32.1. The Morgan fingerprint density at radius 3 is 3.07 bits per heavy atom. The molecule has 14 heavy (non-hydrogen) atoms. The van der Waals surface area contributed by atoms with Crippen LogP contribution in [0, 0.1) is 0 Å². The standard InChI is InChI=1S/C11H14N2S/c1-2-3-7-13-11(14)9-10-6-4-5-8-12-10/h2-6,8H,7,9H2,1H3,(H,13,14). The van der Waals surface area contributed by atoms with Crippen molar-refractivity contribution in [2.75, 3.05) is 6.54 Å². The van der Waals surface area contributed by atoms with Crippen LogP contribution in [0.1, 0.15) is 12.6 Å². The van der Waals surface area contributed by atoms with E-state index in [1.54, 1.807) is 6.20 Å². The molecule has 1 rings (SSSR count). The zero-order valence-electron chi connectivity index (χ0n) is 8.23. The topological polar surface area (TPSA) is 24.9 Å². The Labute approximate surface area is 90.1 Å². The highest BCUT2D eigenvalue weighted by Gasteiger charge is 1.97. The summed E-state index contributed by atoms with van der Waals surface area (Å²) < 4.78 is 0. The van der Waals surface area contributed by atoms with Crippen molar-refractivity contribution in [3.05, 3.63) is 42.2 Å². The Kier molecular flexibility index (Phi) is 4.86. The van der Waals surface area contributed by atoms with Gasteiger partial charge in [0.15, 0.2) is 0 Å². The van der Waals surface area contributed by atoms with Crippen molar-refractivity contribution in [3.63, 3.8) is 0 Å². The molecule has 0 atom stereocenters. The number of nitrogens with one attached hydrogen (secondary N) is 1. The molecule has 0 aliphatic carbocycles. The fraction of sp³-hybridized carbons (Fsp3) is 0.273. The fourth-order valence-corrected chi connectivity index (χ4v) is 1.25. The van der Waals surface area contributed by atoms with Crippen LogP contribution in [0.15, 0.2) is 36.5 Å². The van der Waals surface area contributed by atoms with Crippen LogP contribution in [0.2, 0.25) is 0 Å². The van der Waals surface area contributed by atoms with Gasteiger partial charge in [0, 0.05) is 24.9 Å². The van der Waals surface area contributed by atoms with Gasteiger partial charge in [0.25, 0.3) is 0 Å². The van der Waals surface area contributed by atoms with Crippen molar-refractivity contribution >= 4 is 17.2 Å². The van der Waals surface area contributed by atoms with Gasteiger partial charge in [0.1, 0.15) is 0 Å². The fourth-order valence-electron chi connectivity index (χ4n) is 1.02. The SMILES string of the molecule is CC=CCNC(=S)Cc1ccccn1. The maximum absolute atomic E-state index is 5.16. The summed E-state index contributed by atoms with van der Waals surface area (Å²) in [7, 11) is 0. The molecule has 0 amide bonds. The molecule has 0 unspecified atom stereocenters. The van der Waals surface area contributed by atoms with Crippen molar-refractivity contribution in [2.24, 2.45) is 0 Å². The van der Waals surface area contributed by atoms with Crippen molar-refractivity contribution < 1.29 is 0 Å². The number of allylic oxidation sites excluding steroid dienone is 1. The average molecular weight is 206 g/mol. The van der Waals surface area contributed by atoms with Gasteiger partial charge in [-0.05, 0) is 19.1 Å². The molecule has 0 saturated carbocycles. The number of hydrogen-bond donors (Lipinski definition) is 1. The molecule has 0 radical (unpaired) electrons. The lowest BCUT2D eigenvalue weighted by Crippen LogP contribution is -2.23. The van der Waals surface area contributed by atoms with Crippen molar-refractivity contribution in [1.82, 2.24) is 10.3 Å². The summed E-state index contributed by atoms with van der Waals surface area (Å²) >= 11 is 5.16. The molecule has 2 nitrogen and oxygen atoms in total. The summed E-state index contributed by atoms with van der Waals surface area (Å²) in [5, 5.41) is 3.14. The summed E-state index contributed by atoms with van der Waals surface area (Å²) in [6.45, 7) is 2.78. The van der Waals surface area contributed by atoms with Crippen LogP contribution in [-0.2, 0) is 6.42 Å². The van der Waals surface area contributed by atoms with Crippen molar-refractivity contribution in [2.45, 2.75) is 13.3 Å². The Morgan fingerprint density at radius 1 is 1.57 bits per heavy atom. The average Bonchev–Trinajstić information content (AvgIpc) is 2.20. The Balaban J connectivity index is 2.34. The molecule has 1 aromatic rings. The summed E-state index contributed by atoms with van der Waals surface area (Å²) in [6.07, 6.45) is 6.53. The van der Waals surface area contributed by atoms with Gasteiger partial charge in [-0.15, -0.1) is 0 Å². The first-order valence-corrected chi connectivity index (χ1v) is 5.01. The van der Waals surface area contributed by atoms with E-state index in [0.717, 1.165) is 17.2 Å². The summed E-state index contributed by atoms with van der Waals surface area (Å²) in [6, 6.07) is 5.85. The third-order valence-electron chi connectivity index (χ3n) is 1.72. The van der Waals surface area contributed by atoms with E-state index in [1.807, 2.05) is 37.3 Å². The molecule has 0 bridgehead atoms. The lowest BCUT2D eigenvalue weighted by molar-refractivity contribution is 1.01. The quantitative estimate of drug-likeness (QED) is 0.603. The van der Waals surface area contributed by atoms with Gasteiger partial charge in [-0.25, -0.2) is 0 Å². The number of thiocarbonyl (C=S) groups is 1. The molecule has 74 valence electrons. The van der Waals surface area contributed by atoms with Crippen molar-refractivity contribution in [3.8, 4) is 0 Å². The zero-order valence-corrected chi connectivity index (χ0v) is 9.05. The van der Waals surface area contributed by atoms with Crippen LogP contribution >= 0.6 is 12.2 Å². The van der Waals surface area contributed by atoms with E-state index >= 15 is 0 Å². The van der Waals surface area contributed by atoms with Crippen LogP contribution in [-0.4, -0.2) is 16.5 Å². The predicted octanol–water partition coefficient (Wildman–Crippen LogP) is 2.12. The predicted molar refractivity (Wildman–Crippen MR) is 63.4 cm³/mol. The van der Waals surface area contributed by atoms with Crippen LogP contribution in [0.3, 0.4) is 0 Å². The molecule has 0 spiro atoms. The van der Waals surface area contributed by atoms with E-state index in [2.05, 4.69) is 10.3 Å². The van der Waals surface area contributed by atoms with Crippen LogP contribution in [0.25, 0.3) is 0 Å². The number of rotatable bonds is 4. The summed E-state index contributed by atoms with van der Waals surface area (Å²) in [5.41, 5.74) is 1.01. The maximum Gasteiger partial charge on any atom is 0.0816 e. The Morgan fingerprint density at radius 2 is 2.43 bits per heavy atom. The van der Waals surface area contributed by atoms with Gasteiger partial charge in [-0.3, -0.25) is 4.98 Å². The highest BCUT2D eigenvalue weighted by molar-refractivity contribution is 7.80. The number of hydrogen-bond acceptors (Lipinski definition) is 2. The molecule has 1 aromatic heterocycles. The first kappa shape index (κ1) is 10.9. The molecule has 0 aromatic carbocycles. The van der Waals surface area contributed by atoms with Gasteiger partial charge in [0.05, 0.1) is 4.99 Å². The Bertz CT molecular complexity index is 306. The minimum atomic E-state index is 0.716. The lowest BCUT2D eigenvalue weighted by atomic mass is 10.3. The van der Waals surface area contributed by atoms with Crippen LogP contribution in [0.5, 0.6) is 0 Å². The molecular weight excluding hydrogens is 192 g/mol. The normalized spacial score (nSPS) is 10.4. The molecular formula is C11H14N2S. The second-order valence-electron chi connectivity index (χ2n) is 2.87. The van der Waals surface area contributed by atoms with E-state index in [9.17, 15) is 0 Å². The highest BCUT2D eigenvalue weighted by Crippen LogP contribution is 1.95. The second kappa shape index (κ2) is 6.27. The van der Waals surface area contributed by atoms with Crippen LogP contribution in [0.4, 0.5) is 0 Å². The molecule has 0 aliphatic heterocycles. The lowest BCUT2D eigenvalue weighted by Gasteiger charge is -2.04. The molecule has 1 N–H and O–H groups in total. The molecule has 3 heteroatoms. The summed E-state index contributed by atoms with van der Waals surface area (Å²) in [4.78, 5) is 5.04. The van der Waals surface area contributed by atoms with Gasteiger partial charge in [-0.2, -0.15) is 0 Å². The van der Waals surface area contributed by atoms with E-state index in [1.165, 1.54) is 0 Å². The van der Waals surface area contributed by atoms with Gasteiger partial charge in [0.2, 0.25) is 0 Å². The zero-order chi connectivity index (χ0) is 10.2. The van der Waals surface area contributed by atoms with E-state index in [-0.39, 0.29) is 0 Å². The van der Waals surface area contributed by atoms with Gasteiger partial charge < -0.3 is 5.32 Å². The second-order valence-corrected chi connectivity index (χ2v) is 3.36. The summed E-state index contributed by atoms with van der Waals surface area (Å²) in [5.74, 6) is 0. The number of aromatic nitrogens is 1. The minimum Gasteiger partial charge on any atom is -0.376 e. The van der Waals surface area contributed by atoms with E-state index in [0.29, 0.717) is 6.42 Å². The van der Waals surface area contributed by atoms with E-state index < -0.39 is 0 Å². The molecule has 0 saturated heterocycles. The first-order chi connectivity index (χ1) is 6.83. The molecule has 0 aliphatic rings. The smallest absolute Gasteiger partial charge is 0.0816 e. The van der Waals surface area contributed by atoms with Gasteiger partial charge >= 0.3 is 0 Å².